The van der Waals surface area contributed by atoms with Crippen LogP contribution < -0.4 is 4.74 Å². The fourth-order valence-corrected chi connectivity index (χ4v) is 5.33. The van der Waals surface area contributed by atoms with Crippen LogP contribution in [0.3, 0.4) is 0 Å². The predicted molar refractivity (Wildman–Crippen MR) is 149 cm³/mol. The highest BCUT2D eigenvalue weighted by Gasteiger charge is 2.39. The van der Waals surface area contributed by atoms with E-state index < -0.39 is 0 Å². The van der Waals surface area contributed by atoms with Gasteiger partial charge in [0.1, 0.15) is 17.3 Å². The van der Waals surface area contributed by atoms with Crippen LogP contribution in [-0.2, 0) is 24.3 Å². The Balaban J connectivity index is 1.48. The Labute approximate surface area is 226 Å². The van der Waals surface area contributed by atoms with E-state index >= 15 is 0 Å². The van der Waals surface area contributed by atoms with Crippen LogP contribution in [0.15, 0.2) is 65.1 Å². The maximum atomic E-state index is 13.5. The summed E-state index contributed by atoms with van der Waals surface area (Å²) in [5.41, 5.74) is 1.83. The number of likely N-dealkylation sites (tertiary alicyclic amines) is 1. The zero-order valence-corrected chi connectivity index (χ0v) is 23.1. The van der Waals surface area contributed by atoms with Crippen LogP contribution in [0, 0.1) is 12.3 Å². The third kappa shape index (κ3) is 7.62. The van der Waals surface area contributed by atoms with Crippen LogP contribution in [0.1, 0.15) is 55.3 Å². The minimum Gasteiger partial charge on any atom is -0.493 e. The van der Waals surface area contributed by atoms with Crippen LogP contribution in [0.5, 0.6) is 5.75 Å². The lowest BCUT2D eigenvalue weighted by atomic mass is 9.77. The molecule has 1 aliphatic heterocycles. The lowest BCUT2D eigenvalue weighted by molar-refractivity contribution is -0.135. The topological polar surface area (TPSA) is 45.9 Å². The van der Waals surface area contributed by atoms with Gasteiger partial charge in [0, 0.05) is 43.4 Å². The Hall–Kier alpha value is -2.76. The number of carbonyl (C=O) groups is 1. The standard InChI is InChI=1S/C31H39ClN2O3/c1-4-9-26-12-13-28(37-26)21-34-17-8-16-31(22-34,23-36-27-14-15-29(32)24(2)18-27)19-30(35)33(3)20-25-10-6-5-7-11-25/h5-7,10-15,18H,4,8-9,16-17,19-23H2,1-3H3/t31-/m0/s1. The molecule has 6 heteroatoms. The van der Waals surface area contributed by atoms with Crippen LogP contribution in [0.25, 0.3) is 0 Å². The summed E-state index contributed by atoms with van der Waals surface area (Å²) in [6.45, 7) is 7.74. The molecule has 4 rings (SSSR count). The van der Waals surface area contributed by atoms with Crippen LogP contribution in [0.4, 0.5) is 0 Å². The van der Waals surface area contributed by atoms with E-state index in [0.717, 1.165) is 78.7 Å². The fourth-order valence-electron chi connectivity index (χ4n) is 5.21. The molecule has 1 amide bonds. The SMILES string of the molecule is CCCc1ccc(CN2CCC[C@](COc3ccc(Cl)c(C)c3)(CC(=O)N(C)Cc3ccccc3)C2)o1. The molecule has 1 aliphatic rings. The number of benzene rings is 2. The summed E-state index contributed by atoms with van der Waals surface area (Å²) >= 11 is 6.22. The number of furan rings is 1. The molecule has 0 N–H and O–H groups in total. The van der Waals surface area contributed by atoms with E-state index in [2.05, 4.69) is 36.1 Å². The summed E-state index contributed by atoms with van der Waals surface area (Å²) < 4.78 is 12.4. The Kier molecular flexibility index (Phi) is 9.33. The lowest BCUT2D eigenvalue weighted by Gasteiger charge is -2.42. The first-order valence-corrected chi connectivity index (χ1v) is 13.7. The molecule has 2 aromatic carbocycles. The highest BCUT2D eigenvalue weighted by Crippen LogP contribution is 2.36. The van der Waals surface area contributed by atoms with E-state index in [9.17, 15) is 4.79 Å². The molecule has 1 saturated heterocycles. The first-order chi connectivity index (χ1) is 17.9. The van der Waals surface area contributed by atoms with Crippen molar-refractivity contribution >= 4 is 17.5 Å². The summed E-state index contributed by atoms with van der Waals surface area (Å²) in [6.07, 6.45) is 4.43. The van der Waals surface area contributed by atoms with Gasteiger partial charge in [0.05, 0.1) is 13.2 Å². The molecule has 2 heterocycles. The summed E-state index contributed by atoms with van der Waals surface area (Å²) in [6, 6.07) is 20.1. The normalized spacial score (nSPS) is 18.1. The molecule has 37 heavy (non-hydrogen) atoms. The number of nitrogens with zero attached hydrogens (tertiary/aromatic N) is 2. The van der Waals surface area contributed by atoms with Gasteiger partial charge >= 0.3 is 0 Å². The minimum atomic E-state index is -0.285. The molecule has 3 aromatic rings. The summed E-state index contributed by atoms with van der Waals surface area (Å²) in [5.74, 6) is 2.96. The quantitative estimate of drug-likeness (QED) is 0.274. The van der Waals surface area contributed by atoms with Gasteiger partial charge in [0.2, 0.25) is 5.91 Å². The summed E-state index contributed by atoms with van der Waals surface area (Å²) in [5, 5.41) is 0.726. The molecule has 198 valence electrons. The van der Waals surface area contributed by atoms with Gasteiger partial charge < -0.3 is 14.1 Å². The molecule has 0 unspecified atom stereocenters. The second-order valence-corrected chi connectivity index (χ2v) is 11.0. The number of hydrogen-bond donors (Lipinski definition) is 0. The van der Waals surface area contributed by atoms with Crippen molar-refractivity contribution in [2.45, 2.75) is 59.0 Å². The Morgan fingerprint density at radius 2 is 1.92 bits per heavy atom. The van der Waals surface area contributed by atoms with E-state index in [1.165, 1.54) is 0 Å². The molecule has 0 radical (unpaired) electrons. The molecular formula is C31H39ClN2O3. The van der Waals surface area contributed by atoms with Crippen LogP contribution in [0.2, 0.25) is 5.02 Å². The fraction of sp³-hybridized carbons (Fsp3) is 0.452. The average Bonchev–Trinajstić information content (AvgIpc) is 3.32. The van der Waals surface area contributed by atoms with Gasteiger partial charge in [-0.15, -0.1) is 0 Å². The molecule has 0 spiro atoms. The largest absolute Gasteiger partial charge is 0.493 e. The maximum absolute atomic E-state index is 13.5. The zero-order chi connectivity index (χ0) is 26.3. The van der Waals surface area contributed by atoms with Gasteiger partial charge in [-0.25, -0.2) is 0 Å². The predicted octanol–water partition coefficient (Wildman–Crippen LogP) is 6.90. The van der Waals surface area contributed by atoms with Crippen molar-refractivity contribution in [3.8, 4) is 5.75 Å². The summed E-state index contributed by atoms with van der Waals surface area (Å²) in [7, 11) is 1.89. The molecule has 0 saturated carbocycles. The molecule has 1 aromatic heterocycles. The zero-order valence-electron chi connectivity index (χ0n) is 22.3. The van der Waals surface area contributed by atoms with Gasteiger partial charge in [0.15, 0.2) is 0 Å². The number of aryl methyl sites for hydroxylation is 2. The third-order valence-electron chi connectivity index (χ3n) is 7.22. The monoisotopic (exact) mass is 522 g/mol. The van der Waals surface area contributed by atoms with Gasteiger partial charge in [-0.2, -0.15) is 0 Å². The van der Waals surface area contributed by atoms with Crippen molar-refractivity contribution in [2.24, 2.45) is 5.41 Å². The van der Waals surface area contributed by atoms with Gasteiger partial charge in [-0.05, 0) is 74.2 Å². The molecule has 1 atom stereocenters. The number of rotatable bonds is 11. The highest BCUT2D eigenvalue weighted by molar-refractivity contribution is 6.31. The molecule has 0 aliphatic carbocycles. The first kappa shape index (κ1) is 27.3. The molecule has 0 bridgehead atoms. The van der Waals surface area contributed by atoms with Crippen molar-refractivity contribution in [3.63, 3.8) is 0 Å². The number of carbonyl (C=O) groups excluding carboxylic acids is 1. The Morgan fingerprint density at radius 1 is 1.14 bits per heavy atom. The Morgan fingerprint density at radius 3 is 2.68 bits per heavy atom. The number of ether oxygens (including phenoxy) is 1. The minimum absolute atomic E-state index is 0.143. The lowest BCUT2D eigenvalue weighted by Crippen LogP contribution is -2.48. The average molecular weight is 523 g/mol. The first-order valence-electron chi connectivity index (χ1n) is 13.3. The smallest absolute Gasteiger partial charge is 0.223 e. The Bertz CT molecular complexity index is 1160. The van der Waals surface area contributed by atoms with Crippen molar-refractivity contribution in [1.82, 2.24) is 9.80 Å². The number of amides is 1. The van der Waals surface area contributed by atoms with Gasteiger partial charge in [-0.1, -0.05) is 48.9 Å². The van der Waals surface area contributed by atoms with Crippen molar-refractivity contribution in [1.29, 1.82) is 0 Å². The number of hydrogen-bond acceptors (Lipinski definition) is 4. The third-order valence-corrected chi connectivity index (χ3v) is 7.65. The van der Waals surface area contributed by atoms with E-state index in [0.29, 0.717) is 19.6 Å². The van der Waals surface area contributed by atoms with E-state index in [4.69, 9.17) is 20.8 Å². The van der Waals surface area contributed by atoms with Crippen molar-refractivity contribution in [3.05, 3.63) is 88.3 Å². The van der Waals surface area contributed by atoms with E-state index in [-0.39, 0.29) is 11.3 Å². The summed E-state index contributed by atoms with van der Waals surface area (Å²) in [4.78, 5) is 17.7. The number of halogens is 1. The van der Waals surface area contributed by atoms with Crippen LogP contribution >= 0.6 is 11.6 Å². The molecular weight excluding hydrogens is 484 g/mol. The van der Waals surface area contributed by atoms with Crippen LogP contribution in [-0.4, -0.2) is 42.5 Å². The molecule has 1 fully saturated rings. The maximum Gasteiger partial charge on any atom is 0.223 e. The van der Waals surface area contributed by atoms with E-state index in [1.54, 1.807) is 0 Å². The van der Waals surface area contributed by atoms with Crippen molar-refractivity contribution < 1.29 is 13.9 Å². The molecule has 5 nitrogen and oxygen atoms in total. The van der Waals surface area contributed by atoms with Gasteiger partial charge in [-0.3, -0.25) is 9.69 Å². The highest BCUT2D eigenvalue weighted by atomic mass is 35.5. The van der Waals surface area contributed by atoms with Crippen molar-refractivity contribution in [2.75, 3.05) is 26.7 Å². The second-order valence-electron chi connectivity index (χ2n) is 10.5. The van der Waals surface area contributed by atoms with E-state index in [1.807, 2.05) is 55.3 Å². The number of piperidine rings is 1. The van der Waals surface area contributed by atoms with Gasteiger partial charge in [0.25, 0.3) is 0 Å². The second kappa shape index (κ2) is 12.7.